The fourth-order valence-corrected chi connectivity index (χ4v) is 5.06. The van der Waals surface area contributed by atoms with E-state index in [1.165, 1.54) is 12.1 Å². The molecule has 4 unspecified atom stereocenters. The number of ether oxygens (including phenoxy) is 1. The van der Waals surface area contributed by atoms with Crippen molar-refractivity contribution in [3.05, 3.63) is 34.1 Å². The van der Waals surface area contributed by atoms with Crippen molar-refractivity contribution in [1.29, 1.82) is 0 Å². The Labute approximate surface area is 208 Å². The van der Waals surface area contributed by atoms with Crippen LogP contribution in [-0.2, 0) is 25.7 Å². The Bertz CT molecular complexity index is 942. The molecule has 1 aromatic carbocycles. The first-order valence-corrected chi connectivity index (χ1v) is 12.9. The van der Waals surface area contributed by atoms with Gasteiger partial charge in [-0.05, 0) is 45.7 Å². The predicted molar refractivity (Wildman–Crippen MR) is 125 cm³/mol. The quantitative estimate of drug-likeness (QED) is 0.389. The molecule has 0 spiro atoms. The average Bonchev–Trinajstić information content (AvgIpc) is 2.75. The summed E-state index contributed by atoms with van der Waals surface area (Å²) in [5, 5.41) is 2.13. The van der Waals surface area contributed by atoms with E-state index < -0.39 is 70.4 Å². The van der Waals surface area contributed by atoms with Gasteiger partial charge in [-0.3, -0.25) is 19.8 Å². The molecule has 0 aromatic heterocycles. The molecule has 0 bridgehead atoms. The first kappa shape index (κ1) is 27.0. The fraction of sp³-hybridized carbons (Fsp3) is 0.591. The van der Waals surface area contributed by atoms with Crippen LogP contribution in [0.5, 0.6) is 0 Å². The van der Waals surface area contributed by atoms with Crippen molar-refractivity contribution in [2.45, 2.75) is 63.0 Å². The highest BCUT2D eigenvalue weighted by molar-refractivity contribution is 9.10. The first-order valence-electron chi connectivity index (χ1n) is 10.9. The third-order valence-corrected chi connectivity index (χ3v) is 7.84. The molecule has 4 amide bonds. The lowest BCUT2D eigenvalue weighted by molar-refractivity contribution is -0.146. The van der Waals surface area contributed by atoms with Crippen molar-refractivity contribution in [2.24, 2.45) is 5.92 Å². The number of halogens is 3. The Morgan fingerprint density at radius 1 is 1.29 bits per heavy atom. The van der Waals surface area contributed by atoms with Crippen LogP contribution in [0.25, 0.3) is 0 Å². The number of carbonyl (C=O) groups is 3. The maximum absolute atomic E-state index is 15.7. The molecule has 0 aliphatic carbocycles. The third kappa shape index (κ3) is 6.14. The number of benzene rings is 1. The molecule has 2 saturated heterocycles. The number of rotatable bonds is 7. The minimum Gasteiger partial charge on any atom is -0.598 e. The molecule has 8 nitrogen and oxygen atoms in total. The van der Waals surface area contributed by atoms with Crippen LogP contribution in [0.4, 0.5) is 13.6 Å². The van der Waals surface area contributed by atoms with E-state index in [-0.39, 0.29) is 5.56 Å². The monoisotopic (exact) mass is 563 g/mol. The summed E-state index contributed by atoms with van der Waals surface area (Å²) in [5.74, 6) is -3.93. The maximum Gasteiger partial charge on any atom is 0.331 e. The van der Waals surface area contributed by atoms with Crippen LogP contribution in [0, 0.1) is 11.7 Å². The largest absolute Gasteiger partial charge is 0.598 e. The van der Waals surface area contributed by atoms with Crippen LogP contribution < -0.4 is 10.0 Å². The Hall–Kier alpha value is -1.60. The Balaban J connectivity index is 1.86. The van der Waals surface area contributed by atoms with Gasteiger partial charge in [0.1, 0.15) is 28.7 Å². The average molecular weight is 564 g/mol. The SMILES string of the molecule is CC(C)(C)[S+]([O-])NC(c1ccc(Br)cc1F)C(F)CC1C(=O)NC(=O)N(C2CCOCC2)C1=O. The molecule has 4 atom stereocenters. The van der Waals surface area contributed by atoms with Crippen molar-refractivity contribution in [3.8, 4) is 0 Å². The summed E-state index contributed by atoms with van der Waals surface area (Å²) in [4.78, 5) is 38.9. The highest BCUT2D eigenvalue weighted by Crippen LogP contribution is 2.32. The van der Waals surface area contributed by atoms with E-state index in [1.807, 2.05) is 0 Å². The van der Waals surface area contributed by atoms with Gasteiger partial charge in [0.05, 0.1) is 0 Å². The number of urea groups is 1. The van der Waals surface area contributed by atoms with Crippen molar-refractivity contribution in [1.82, 2.24) is 14.9 Å². The standard InChI is InChI=1S/C22H28BrF2N3O5S/c1-22(2,3)34(32)27-18(14-5-4-12(23)10-16(14)24)17(25)11-15-19(29)26-21(31)28(20(15)30)13-6-8-33-9-7-13/h4-5,10,13,15,17-18,27H,6-9,11H2,1-3H3,(H,26,29,31). The summed E-state index contributed by atoms with van der Waals surface area (Å²) in [7, 11) is 0. The minimum atomic E-state index is -1.97. The summed E-state index contributed by atoms with van der Waals surface area (Å²) >= 11 is 1.38. The van der Waals surface area contributed by atoms with Crippen LogP contribution in [0.1, 0.15) is 51.6 Å². The summed E-state index contributed by atoms with van der Waals surface area (Å²) in [6.07, 6.45) is -1.76. The molecule has 2 heterocycles. The second-order valence-electron chi connectivity index (χ2n) is 9.29. The van der Waals surface area contributed by atoms with Crippen molar-refractivity contribution in [3.63, 3.8) is 0 Å². The van der Waals surface area contributed by atoms with Crippen molar-refractivity contribution >= 4 is 45.1 Å². The predicted octanol–water partition coefficient (Wildman–Crippen LogP) is 3.28. The van der Waals surface area contributed by atoms with Crippen LogP contribution in [0.15, 0.2) is 22.7 Å². The van der Waals surface area contributed by atoms with Crippen LogP contribution in [-0.4, -0.2) is 57.5 Å². The molecule has 2 aliphatic heterocycles. The zero-order chi connectivity index (χ0) is 25.2. The summed E-state index contributed by atoms with van der Waals surface area (Å²) in [6.45, 7) is 5.74. The molecular weight excluding hydrogens is 536 g/mol. The lowest BCUT2D eigenvalue weighted by Gasteiger charge is -2.38. The number of imide groups is 2. The zero-order valence-electron chi connectivity index (χ0n) is 19.1. The van der Waals surface area contributed by atoms with E-state index in [4.69, 9.17) is 4.74 Å². The van der Waals surface area contributed by atoms with Gasteiger partial charge < -0.3 is 9.29 Å². The van der Waals surface area contributed by atoms with E-state index in [0.29, 0.717) is 30.5 Å². The number of barbiturate groups is 1. The molecule has 2 aliphatic rings. The van der Waals surface area contributed by atoms with Gasteiger partial charge in [-0.15, -0.1) is 4.72 Å². The number of amides is 4. The molecule has 2 N–H and O–H groups in total. The minimum absolute atomic E-state index is 0.0886. The normalized spacial score (nSPS) is 23.0. The van der Waals surface area contributed by atoms with Gasteiger partial charge in [0.2, 0.25) is 11.8 Å². The maximum atomic E-state index is 15.7. The molecule has 1 aromatic rings. The molecule has 0 saturated carbocycles. The van der Waals surface area contributed by atoms with Crippen LogP contribution in [0.3, 0.4) is 0 Å². The molecule has 34 heavy (non-hydrogen) atoms. The molecular formula is C22H28BrF2N3O5S. The molecule has 3 rings (SSSR count). The van der Waals surface area contributed by atoms with Gasteiger partial charge in [0.15, 0.2) is 0 Å². The topological polar surface area (TPSA) is 111 Å². The summed E-state index contributed by atoms with van der Waals surface area (Å²) in [6, 6.07) is 1.33. The highest BCUT2D eigenvalue weighted by Gasteiger charge is 2.46. The van der Waals surface area contributed by atoms with E-state index in [2.05, 4.69) is 26.0 Å². The number of hydrogen-bond donors (Lipinski definition) is 2. The van der Waals surface area contributed by atoms with Gasteiger partial charge in [-0.25, -0.2) is 13.6 Å². The number of alkyl halides is 1. The molecule has 2 fully saturated rings. The van der Waals surface area contributed by atoms with E-state index in [0.717, 1.165) is 11.0 Å². The second-order valence-corrected chi connectivity index (χ2v) is 12.2. The Morgan fingerprint density at radius 2 is 1.94 bits per heavy atom. The fourth-order valence-electron chi connectivity index (χ4n) is 3.87. The van der Waals surface area contributed by atoms with Crippen LogP contribution >= 0.6 is 15.9 Å². The Morgan fingerprint density at radius 3 is 2.53 bits per heavy atom. The summed E-state index contributed by atoms with van der Waals surface area (Å²) in [5.41, 5.74) is -0.0886. The second kappa shape index (κ2) is 11.0. The number of hydrogen-bond acceptors (Lipinski definition) is 6. The van der Waals surface area contributed by atoms with Crippen LogP contribution in [0.2, 0.25) is 0 Å². The third-order valence-electron chi connectivity index (χ3n) is 5.77. The number of nitrogens with zero attached hydrogens (tertiary/aromatic N) is 1. The lowest BCUT2D eigenvalue weighted by atomic mass is 9.91. The van der Waals surface area contributed by atoms with Gasteiger partial charge in [-0.1, -0.05) is 22.0 Å². The summed E-state index contributed by atoms with van der Waals surface area (Å²) < 4.78 is 50.8. The molecule has 12 heteroatoms. The highest BCUT2D eigenvalue weighted by atomic mass is 79.9. The number of carbonyl (C=O) groups excluding carboxylic acids is 3. The van der Waals surface area contributed by atoms with Crippen molar-refractivity contribution in [2.75, 3.05) is 13.2 Å². The molecule has 0 radical (unpaired) electrons. The van der Waals surface area contributed by atoms with Gasteiger partial charge in [-0.2, -0.15) is 0 Å². The number of nitrogens with one attached hydrogen (secondary N) is 2. The van der Waals surface area contributed by atoms with E-state index in [1.54, 1.807) is 20.8 Å². The smallest absolute Gasteiger partial charge is 0.331 e. The Kier molecular flexibility index (Phi) is 8.72. The molecule has 188 valence electrons. The first-order chi connectivity index (χ1) is 15.9. The van der Waals surface area contributed by atoms with Gasteiger partial charge in [0, 0.05) is 47.1 Å². The van der Waals surface area contributed by atoms with E-state index >= 15 is 4.39 Å². The van der Waals surface area contributed by atoms with Crippen molar-refractivity contribution < 1.29 is 32.5 Å². The zero-order valence-corrected chi connectivity index (χ0v) is 21.5. The lowest BCUT2D eigenvalue weighted by Crippen LogP contribution is -2.62. The van der Waals surface area contributed by atoms with Gasteiger partial charge >= 0.3 is 6.03 Å². The van der Waals surface area contributed by atoms with Gasteiger partial charge in [0.25, 0.3) is 0 Å². The van der Waals surface area contributed by atoms with E-state index in [9.17, 15) is 23.3 Å².